The number of nitrogens with zero attached hydrogens (tertiary/aromatic N) is 7. The lowest BCUT2D eigenvalue weighted by molar-refractivity contribution is 0.0766. The highest BCUT2D eigenvalue weighted by Gasteiger charge is 2.22. The van der Waals surface area contributed by atoms with Gasteiger partial charge in [-0.2, -0.15) is 0 Å². The summed E-state index contributed by atoms with van der Waals surface area (Å²) in [5, 5.41) is 0. The number of carbonyl (C=O) groups is 1. The second kappa shape index (κ2) is 8.52. The first-order chi connectivity index (χ1) is 13.7. The Kier molecular flexibility index (Phi) is 5.66. The summed E-state index contributed by atoms with van der Waals surface area (Å²) in [6, 6.07) is 5.70. The number of pyridine rings is 1. The molecule has 8 nitrogen and oxygen atoms in total. The third-order valence-electron chi connectivity index (χ3n) is 5.44. The lowest BCUT2D eigenvalue weighted by atomic mass is 10.2. The van der Waals surface area contributed by atoms with Crippen molar-refractivity contribution in [2.24, 2.45) is 0 Å². The molecule has 1 amide bonds. The fourth-order valence-electron chi connectivity index (χ4n) is 3.69. The Labute approximate surface area is 165 Å². The van der Waals surface area contributed by atoms with Crippen molar-refractivity contribution >= 4 is 17.7 Å². The van der Waals surface area contributed by atoms with Crippen LogP contribution in [0.1, 0.15) is 16.8 Å². The zero-order valence-electron chi connectivity index (χ0n) is 16.4. The predicted octanol–water partition coefficient (Wildman–Crippen LogP) is 0.976. The third-order valence-corrected chi connectivity index (χ3v) is 5.44. The van der Waals surface area contributed by atoms with Crippen LogP contribution in [0.3, 0.4) is 0 Å². The van der Waals surface area contributed by atoms with Crippen molar-refractivity contribution in [3.8, 4) is 0 Å². The SMILES string of the molecule is CN1CCN(c2ccc(C(=O)N3CCCN(c4ncccn4)CC3)cn2)CC1. The normalized spacial score (nSPS) is 18.8. The summed E-state index contributed by atoms with van der Waals surface area (Å²) in [7, 11) is 2.14. The minimum Gasteiger partial charge on any atom is -0.354 e. The van der Waals surface area contributed by atoms with E-state index in [9.17, 15) is 4.79 Å². The zero-order chi connectivity index (χ0) is 19.3. The van der Waals surface area contributed by atoms with E-state index in [4.69, 9.17) is 0 Å². The smallest absolute Gasteiger partial charge is 0.255 e. The van der Waals surface area contributed by atoms with Crippen molar-refractivity contribution in [2.75, 3.05) is 69.2 Å². The predicted molar refractivity (Wildman–Crippen MR) is 109 cm³/mol. The molecule has 2 aliphatic heterocycles. The average Bonchev–Trinajstić information content (AvgIpc) is 3.01. The standard InChI is InChI=1S/C20H27N7O/c1-24-10-12-25(13-11-24)18-5-4-17(16-23-18)19(28)26-8-3-9-27(15-14-26)20-21-6-2-7-22-20/h2,4-7,16H,3,8-15H2,1H3. The van der Waals surface area contributed by atoms with Crippen molar-refractivity contribution in [3.05, 3.63) is 42.4 Å². The van der Waals surface area contributed by atoms with Gasteiger partial charge in [0.25, 0.3) is 5.91 Å². The van der Waals surface area contributed by atoms with E-state index >= 15 is 0 Å². The maximum Gasteiger partial charge on any atom is 0.255 e. The summed E-state index contributed by atoms with van der Waals surface area (Å²) in [6.07, 6.45) is 6.13. The van der Waals surface area contributed by atoms with Crippen molar-refractivity contribution in [3.63, 3.8) is 0 Å². The van der Waals surface area contributed by atoms with E-state index < -0.39 is 0 Å². The van der Waals surface area contributed by atoms with Crippen LogP contribution in [0.25, 0.3) is 0 Å². The highest BCUT2D eigenvalue weighted by Crippen LogP contribution is 2.16. The first kappa shape index (κ1) is 18.6. The van der Waals surface area contributed by atoms with Crippen molar-refractivity contribution in [1.29, 1.82) is 0 Å². The van der Waals surface area contributed by atoms with Crippen LogP contribution in [0.4, 0.5) is 11.8 Å². The quantitative estimate of drug-likeness (QED) is 0.785. The highest BCUT2D eigenvalue weighted by molar-refractivity contribution is 5.94. The van der Waals surface area contributed by atoms with E-state index in [2.05, 4.69) is 36.7 Å². The molecule has 0 radical (unpaired) electrons. The maximum absolute atomic E-state index is 12.9. The molecule has 2 aliphatic rings. The van der Waals surface area contributed by atoms with Crippen LogP contribution in [0.2, 0.25) is 0 Å². The highest BCUT2D eigenvalue weighted by atomic mass is 16.2. The minimum atomic E-state index is 0.0493. The van der Waals surface area contributed by atoms with E-state index in [1.165, 1.54) is 0 Å². The Morgan fingerprint density at radius 3 is 2.32 bits per heavy atom. The van der Waals surface area contributed by atoms with Gasteiger partial charge in [0.15, 0.2) is 0 Å². The molecule has 0 bridgehead atoms. The molecule has 0 aliphatic carbocycles. The van der Waals surface area contributed by atoms with Gasteiger partial charge in [0.2, 0.25) is 5.95 Å². The fourth-order valence-corrected chi connectivity index (χ4v) is 3.69. The number of piperazine rings is 1. The molecular weight excluding hydrogens is 354 g/mol. The summed E-state index contributed by atoms with van der Waals surface area (Å²) < 4.78 is 0. The summed E-state index contributed by atoms with van der Waals surface area (Å²) in [5.74, 6) is 1.73. The van der Waals surface area contributed by atoms with E-state index in [0.717, 1.165) is 64.0 Å². The van der Waals surface area contributed by atoms with E-state index in [1.54, 1.807) is 18.6 Å². The Bertz CT molecular complexity index is 775. The van der Waals surface area contributed by atoms with Crippen molar-refractivity contribution in [1.82, 2.24) is 24.8 Å². The van der Waals surface area contributed by atoms with Gasteiger partial charge in [0.05, 0.1) is 5.56 Å². The van der Waals surface area contributed by atoms with Gasteiger partial charge in [0, 0.05) is 70.9 Å². The van der Waals surface area contributed by atoms with Crippen LogP contribution < -0.4 is 9.80 Å². The monoisotopic (exact) mass is 381 g/mol. The van der Waals surface area contributed by atoms with Crippen LogP contribution in [0.5, 0.6) is 0 Å². The summed E-state index contributed by atoms with van der Waals surface area (Å²) >= 11 is 0. The minimum absolute atomic E-state index is 0.0493. The summed E-state index contributed by atoms with van der Waals surface area (Å²) in [4.78, 5) is 34.8. The van der Waals surface area contributed by atoms with Gasteiger partial charge in [-0.25, -0.2) is 15.0 Å². The molecule has 0 spiro atoms. The molecule has 2 aromatic rings. The van der Waals surface area contributed by atoms with Crippen LogP contribution in [0, 0.1) is 0 Å². The van der Waals surface area contributed by atoms with Gasteiger partial charge in [0.1, 0.15) is 5.82 Å². The van der Waals surface area contributed by atoms with E-state index in [-0.39, 0.29) is 5.91 Å². The van der Waals surface area contributed by atoms with Crippen molar-refractivity contribution < 1.29 is 4.79 Å². The number of aromatic nitrogens is 3. The molecule has 8 heteroatoms. The molecule has 0 unspecified atom stereocenters. The van der Waals surface area contributed by atoms with Crippen LogP contribution in [0.15, 0.2) is 36.8 Å². The molecule has 4 heterocycles. The summed E-state index contributed by atoms with van der Waals surface area (Å²) in [5.41, 5.74) is 0.655. The first-order valence-electron chi connectivity index (χ1n) is 9.91. The zero-order valence-corrected chi connectivity index (χ0v) is 16.4. The van der Waals surface area contributed by atoms with E-state index in [1.807, 2.05) is 23.1 Å². The molecule has 28 heavy (non-hydrogen) atoms. The Morgan fingerprint density at radius 1 is 0.857 bits per heavy atom. The molecule has 2 saturated heterocycles. The Balaban J connectivity index is 1.37. The van der Waals surface area contributed by atoms with Gasteiger partial charge in [-0.15, -0.1) is 0 Å². The molecule has 148 valence electrons. The number of carbonyl (C=O) groups excluding carboxylic acids is 1. The fraction of sp³-hybridized carbons (Fsp3) is 0.500. The van der Waals surface area contributed by atoms with Gasteiger partial charge < -0.3 is 19.6 Å². The average molecular weight is 381 g/mol. The van der Waals surface area contributed by atoms with Crippen LogP contribution in [-0.2, 0) is 0 Å². The van der Waals surface area contributed by atoms with Gasteiger partial charge in [-0.1, -0.05) is 0 Å². The molecule has 2 aromatic heterocycles. The third kappa shape index (κ3) is 4.22. The number of amides is 1. The largest absolute Gasteiger partial charge is 0.354 e. The molecule has 2 fully saturated rings. The molecule has 0 aromatic carbocycles. The van der Waals surface area contributed by atoms with Crippen molar-refractivity contribution in [2.45, 2.75) is 6.42 Å². The van der Waals surface area contributed by atoms with Gasteiger partial charge in [-0.05, 0) is 31.7 Å². The number of rotatable bonds is 3. The summed E-state index contributed by atoms with van der Waals surface area (Å²) in [6.45, 7) is 7.02. The van der Waals surface area contributed by atoms with Crippen LogP contribution in [-0.4, -0.2) is 90.1 Å². The Hall–Kier alpha value is -2.74. The molecule has 0 saturated carbocycles. The lowest BCUT2D eigenvalue weighted by Gasteiger charge is -2.33. The maximum atomic E-state index is 12.9. The lowest BCUT2D eigenvalue weighted by Crippen LogP contribution is -2.44. The topological polar surface area (TPSA) is 68.7 Å². The number of anilines is 2. The Morgan fingerprint density at radius 2 is 1.61 bits per heavy atom. The molecule has 0 atom stereocenters. The number of likely N-dealkylation sites (N-methyl/N-ethyl adjacent to an activating group) is 1. The second-order valence-corrected chi connectivity index (χ2v) is 7.38. The van der Waals surface area contributed by atoms with Crippen LogP contribution >= 0.6 is 0 Å². The second-order valence-electron chi connectivity index (χ2n) is 7.38. The number of hydrogen-bond acceptors (Lipinski definition) is 7. The van der Waals surface area contributed by atoms with Gasteiger partial charge >= 0.3 is 0 Å². The molecule has 0 N–H and O–H groups in total. The number of hydrogen-bond donors (Lipinski definition) is 0. The van der Waals surface area contributed by atoms with Gasteiger partial charge in [-0.3, -0.25) is 4.79 Å². The molecular formula is C20H27N7O. The first-order valence-corrected chi connectivity index (χ1v) is 9.91. The molecule has 4 rings (SSSR count). The van der Waals surface area contributed by atoms with E-state index in [0.29, 0.717) is 12.1 Å².